The lowest BCUT2D eigenvalue weighted by molar-refractivity contribution is 0.122. The van der Waals surface area contributed by atoms with Gasteiger partial charge in [-0.1, -0.05) is 31.4 Å². The molecule has 3 aliphatic rings. The lowest BCUT2D eigenvalue weighted by Crippen LogP contribution is -2.36. The highest BCUT2D eigenvalue weighted by molar-refractivity contribution is 6.17. The average molecular weight is 377 g/mol. The molecule has 1 aromatic heterocycles. The van der Waals surface area contributed by atoms with Gasteiger partial charge in [-0.25, -0.2) is 4.98 Å². The Morgan fingerprint density at radius 1 is 0.964 bits per heavy atom. The molecule has 1 aliphatic carbocycles. The molecule has 5 heteroatoms. The molecule has 1 aromatic carbocycles. The van der Waals surface area contributed by atoms with Gasteiger partial charge in [0, 0.05) is 42.1 Å². The minimum atomic E-state index is 0.540. The van der Waals surface area contributed by atoms with Gasteiger partial charge in [-0.05, 0) is 36.6 Å². The molecular weight excluding hydrogens is 348 g/mol. The van der Waals surface area contributed by atoms with E-state index in [2.05, 4.69) is 40.5 Å². The van der Waals surface area contributed by atoms with Gasteiger partial charge in [0.05, 0.1) is 25.5 Å². The quantitative estimate of drug-likeness (QED) is 0.876. The van der Waals surface area contributed by atoms with Crippen molar-refractivity contribution in [3.8, 4) is 0 Å². The summed E-state index contributed by atoms with van der Waals surface area (Å²) in [6.45, 7) is 4.29. The van der Waals surface area contributed by atoms with Crippen molar-refractivity contribution in [2.45, 2.75) is 44.7 Å². The van der Waals surface area contributed by atoms with Gasteiger partial charge in [0.15, 0.2) is 0 Å². The van der Waals surface area contributed by atoms with E-state index in [1.54, 1.807) is 0 Å². The lowest BCUT2D eigenvalue weighted by Gasteiger charge is -2.29. The number of hydrogen-bond acceptors (Lipinski definition) is 5. The number of ether oxygens (including phenoxy) is 1. The summed E-state index contributed by atoms with van der Waals surface area (Å²) in [6, 6.07) is 11.5. The third kappa shape index (κ3) is 3.51. The topological polar surface area (TPSA) is 49.8 Å². The molecule has 1 N–H and O–H groups in total. The summed E-state index contributed by atoms with van der Waals surface area (Å²) in [4.78, 5) is 12.0. The van der Waals surface area contributed by atoms with Crippen LogP contribution in [0.4, 0.5) is 11.5 Å². The Bertz CT molecular complexity index is 849. The van der Waals surface area contributed by atoms with E-state index in [1.165, 1.54) is 54.5 Å². The van der Waals surface area contributed by atoms with E-state index in [9.17, 15) is 0 Å². The Kier molecular flexibility index (Phi) is 5.00. The number of rotatable bonds is 4. The van der Waals surface area contributed by atoms with Crippen LogP contribution in [-0.2, 0) is 11.3 Å². The normalized spacial score (nSPS) is 20.0. The van der Waals surface area contributed by atoms with Crippen molar-refractivity contribution in [3.63, 3.8) is 0 Å². The van der Waals surface area contributed by atoms with Crippen LogP contribution in [0.3, 0.4) is 0 Å². The molecule has 5 rings (SSSR count). The zero-order chi connectivity index (χ0) is 18.8. The first kappa shape index (κ1) is 17.7. The average Bonchev–Trinajstić information content (AvgIpc) is 3.21. The number of hydrogen-bond donors (Lipinski definition) is 1. The predicted molar refractivity (Wildman–Crippen MR) is 114 cm³/mol. The maximum Gasteiger partial charge on any atom is 0.135 e. The molecule has 0 amide bonds. The summed E-state index contributed by atoms with van der Waals surface area (Å²) >= 11 is 0. The molecule has 146 valence electrons. The molecule has 5 nitrogen and oxygen atoms in total. The van der Waals surface area contributed by atoms with Gasteiger partial charge in [-0.15, -0.1) is 0 Å². The summed E-state index contributed by atoms with van der Waals surface area (Å²) in [7, 11) is 0. The highest BCUT2D eigenvalue weighted by atomic mass is 16.5. The third-order valence-electron chi connectivity index (χ3n) is 6.14. The summed E-state index contributed by atoms with van der Waals surface area (Å²) in [6.07, 6.45) is 8.40. The van der Waals surface area contributed by atoms with Gasteiger partial charge in [-0.2, -0.15) is 0 Å². The maximum atomic E-state index is 5.47. The SMILES string of the molecule is c1cc2c(c(NC3CCCCC3)n1)C(c1ccc(N3CCOCC3)cc1)=NC2. The van der Waals surface area contributed by atoms with Gasteiger partial charge in [-0.3, -0.25) is 4.99 Å². The van der Waals surface area contributed by atoms with Gasteiger partial charge in [0.1, 0.15) is 5.82 Å². The van der Waals surface area contributed by atoms with Gasteiger partial charge in [0.25, 0.3) is 0 Å². The fourth-order valence-electron chi connectivity index (χ4n) is 4.58. The van der Waals surface area contributed by atoms with Crippen molar-refractivity contribution in [1.82, 2.24) is 4.98 Å². The number of anilines is 2. The largest absolute Gasteiger partial charge is 0.378 e. The van der Waals surface area contributed by atoms with Crippen molar-refractivity contribution in [2.24, 2.45) is 4.99 Å². The van der Waals surface area contributed by atoms with Crippen LogP contribution in [0.1, 0.15) is 48.8 Å². The van der Waals surface area contributed by atoms with Crippen LogP contribution in [0.15, 0.2) is 41.5 Å². The van der Waals surface area contributed by atoms with Gasteiger partial charge >= 0.3 is 0 Å². The van der Waals surface area contributed by atoms with Gasteiger partial charge < -0.3 is 15.0 Å². The molecule has 28 heavy (non-hydrogen) atoms. The fraction of sp³-hybridized carbons (Fsp3) is 0.478. The lowest BCUT2D eigenvalue weighted by atomic mass is 9.94. The minimum Gasteiger partial charge on any atom is -0.378 e. The Morgan fingerprint density at radius 3 is 2.54 bits per heavy atom. The Morgan fingerprint density at radius 2 is 1.75 bits per heavy atom. The van der Waals surface area contributed by atoms with Crippen molar-refractivity contribution >= 4 is 17.2 Å². The van der Waals surface area contributed by atoms with Crippen LogP contribution in [0.25, 0.3) is 0 Å². The van der Waals surface area contributed by atoms with E-state index < -0.39 is 0 Å². The Hall–Kier alpha value is -2.40. The smallest absolute Gasteiger partial charge is 0.135 e. The summed E-state index contributed by atoms with van der Waals surface area (Å²) < 4.78 is 5.47. The first-order chi connectivity index (χ1) is 13.9. The van der Waals surface area contributed by atoms with E-state index >= 15 is 0 Å². The van der Waals surface area contributed by atoms with Crippen LogP contribution in [0, 0.1) is 0 Å². The maximum absolute atomic E-state index is 5.47. The van der Waals surface area contributed by atoms with Crippen molar-refractivity contribution in [1.29, 1.82) is 0 Å². The first-order valence-corrected chi connectivity index (χ1v) is 10.6. The molecule has 0 atom stereocenters. The number of fused-ring (bicyclic) bond motifs is 1. The fourth-order valence-corrected chi connectivity index (χ4v) is 4.58. The minimum absolute atomic E-state index is 0.540. The van der Waals surface area contributed by atoms with Crippen LogP contribution >= 0.6 is 0 Å². The Balaban J connectivity index is 1.39. The van der Waals surface area contributed by atoms with E-state index in [1.807, 2.05) is 6.20 Å². The second-order valence-corrected chi connectivity index (χ2v) is 7.98. The van der Waals surface area contributed by atoms with Crippen molar-refractivity contribution < 1.29 is 4.74 Å². The van der Waals surface area contributed by atoms with Crippen molar-refractivity contribution in [2.75, 3.05) is 36.5 Å². The number of pyridine rings is 1. The zero-order valence-electron chi connectivity index (χ0n) is 16.4. The standard InChI is InChI=1S/C23H28N4O/c1-2-4-19(5-3-1)26-23-21-18(10-11-24-23)16-25-22(21)17-6-8-20(9-7-17)27-12-14-28-15-13-27/h6-11,19H,1-5,12-16H2,(H,24,26). The molecule has 0 radical (unpaired) electrons. The second kappa shape index (κ2) is 7.92. The predicted octanol–water partition coefficient (Wildman–Crippen LogP) is 4.01. The van der Waals surface area contributed by atoms with E-state index in [-0.39, 0.29) is 0 Å². The number of nitrogens with zero attached hydrogens (tertiary/aromatic N) is 3. The van der Waals surface area contributed by atoms with Crippen LogP contribution < -0.4 is 10.2 Å². The molecule has 2 aromatic rings. The monoisotopic (exact) mass is 376 g/mol. The number of aromatic nitrogens is 1. The zero-order valence-corrected chi connectivity index (χ0v) is 16.4. The van der Waals surface area contributed by atoms with E-state index in [0.717, 1.165) is 44.4 Å². The number of aliphatic imine (C=N–C) groups is 1. The molecule has 2 fully saturated rings. The molecule has 1 saturated carbocycles. The molecule has 3 heterocycles. The highest BCUT2D eigenvalue weighted by Gasteiger charge is 2.24. The van der Waals surface area contributed by atoms with E-state index in [4.69, 9.17) is 14.7 Å². The number of morpholine rings is 1. The van der Waals surface area contributed by atoms with E-state index in [0.29, 0.717) is 6.04 Å². The van der Waals surface area contributed by atoms with Crippen molar-refractivity contribution in [3.05, 3.63) is 53.2 Å². The second-order valence-electron chi connectivity index (χ2n) is 7.98. The number of benzene rings is 1. The van der Waals surface area contributed by atoms with Crippen LogP contribution in [0.2, 0.25) is 0 Å². The summed E-state index contributed by atoms with van der Waals surface area (Å²) in [5.41, 5.74) is 6.00. The molecule has 2 aliphatic heterocycles. The first-order valence-electron chi connectivity index (χ1n) is 10.6. The molecule has 0 bridgehead atoms. The molecule has 0 spiro atoms. The summed E-state index contributed by atoms with van der Waals surface area (Å²) in [5, 5.41) is 3.73. The molecule has 0 unspecified atom stereocenters. The highest BCUT2D eigenvalue weighted by Crippen LogP contribution is 2.31. The molecular formula is C23H28N4O. The number of nitrogens with one attached hydrogen (secondary N) is 1. The van der Waals surface area contributed by atoms with Crippen LogP contribution in [-0.4, -0.2) is 43.0 Å². The van der Waals surface area contributed by atoms with Crippen LogP contribution in [0.5, 0.6) is 0 Å². The third-order valence-corrected chi connectivity index (χ3v) is 6.14. The Labute approximate surface area is 166 Å². The van der Waals surface area contributed by atoms with Gasteiger partial charge in [0.2, 0.25) is 0 Å². The summed E-state index contributed by atoms with van der Waals surface area (Å²) in [5.74, 6) is 1.01. The molecule has 1 saturated heterocycles.